The predicted molar refractivity (Wildman–Crippen MR) is 77.1 cm³/mol. The van der Waals surface area contributed by atoms with Crippen molar-refractivity contribution in [3.63, 3.8) is 0 Å². The fraction of sp³-hybridized carbons (Fsp3) is 0.500. The minimum Gasteiger partial charge on any atom is -0.483 e. The number of ether oxygens (including phenoxy) is 1. The molecule has 116 valence electrons. The van der Waals surface area contributed by atoms with Crippen LogP contribution in [0.2, 0.25) is 0 Å². The average molecular weight is 296 g/mol. The zero-order chi connectivity index (χ0) is 15.8. The van der Waals surface area contributed by atoms with Gasteiger partial charge >= 0.3 is 0 Å². The largest absolute Gasteiger partial charge is 0.483 e. The van der Waals surface area contributed by atoms with Crippen LogP contribution in [-0.4, -0.2) is 29.1 Å². The summed E-state index contributed by atoms with van der Waals surface area (Å²) in [6, 6.07) is 3.91. The van der Waals surface area contributed by atoms with Gasteiger partial charge in [-0.2, -0.15) is 0 Å². The highest BCUT2D eigenvalue weighted by atomic mass is 16.6. The number of benzene rings is 1. The van der Waals surface area contributed by atoms with Gasteiger partial charge in [-0.1, -0.05) is 13.3 Å². The molecule has 7 heteroatoms. The second kappa shape index (κ2) is 8.21. The number of nitro groups is 1. The van der Waals surface area contributed by atoms with E-state index in [1.54, 1.807) is 0 Å². The highest BCUT2D eigenvalue weighted by Crippen LogP contribution is 2.29. The summed E-state index contributed by atoms with van der Waals surface area (Å²) >= 11 is 0. The summed E-state index contributed by atoms with van der Waals surface area (Å²) in [4.78, 5) is 21.7. The molecule has 0 heterocycles. The van der Waals surface area contributed by atoms with Gasteiger partial charge in [-0.05, 0) is 19.4 Å². The van der Waals surface area contributed by atoms with Crippen LogP contribution in [-0.2, 0) is 4.79 Å². The van der Waals surface area contributed by atoms with Crippen LogP contribution in [0.25, 0.3) is 0 Å². The van der Waals surface area contributed by atoms with E-state index in [0.717, 1.165) is 12.8 Å². The third kappa shape index (κ3) is 5.39. The summed E-state index contributed by atoms with van der Waals surface area (Å²) in [6.45, 7) is 3.89. The van der Waals surface area contributed by atoms with E-state index in [0.29, 0.717) is 6.54 Å². The molecule has 0 unspecified atom stereocenters. The summed E-state index contributed by atoms with van der Waals surface area (Å²) in [6.07, 6.45) is 0.945. The van der Waals surface area contributed by atoms with E-state index in [1.807, 2.05) is 6.92 Å². The molecule has 0 radical (unpaired) electrons. The second-order valence-corrected chi connectivity index (χ2v) is 4.65. The topological polar surface area (TPSA) is 102 Å². The van der Waals surface area contributed by atoms with Crippen LogP contribution in [0.3, 0.4) is 0 Å². The lowest BCUT2D eigenvalue weighted by Gasteiger charge is -2.13. The van der Waals surface area contributed by atoms with Gasteiger partial charge < -0.3 is 15.2 Å². The average Bonchev–Trinajstić information content (AvgIpc) is 2.45. The molecule has 0 spiro atoms. The zero-order valence-electron chi connectivity index (χ0n) is 12.2. The highest BCUT2D eigenvalue weighted by Gasteiger charge is 2.16. The Morgan fingerprint density at radius 1 is 1.52 bits per heavy atom. The molecule has 7 nitrogen and oxygen atoms in total. The first kappa shape index (κ1) is 16.9. The Morgan fingerprint density at radius 2 is 2.24 bits per heavy atom. The lowest BCUT2D eigenvalue weighted by molar-refractivity contribution is -0.385. The molecule has 0 saturated carbocycles. The second-order valence-electron chi connectivity index (χ2n) is 4.65. The van der Waals surface area contributed by atoms with Crippen LogP contribution in [0.1, 0.15) is 38.4 Å². The summed E-state index contributed by atoms with van der Waals surface area (Å²) in [5.41, 5.74) is 0.149. The molecular weight excluding hydrogens is 276 g/mol. The van der Waals surface area contributed by atoms with Crippen molar-refractivity contribution in [2.45, 2.75) is 32.8 Å². The van der Waals surface area contributed by atoms with Crippen LogP contribution >= 0.6 is 0 Å². The van der Waals surface area contributed by atoms with Gasteiger partial charge in [0.1, 0.15) is 5.75 Å². The number of non-ortho nitro benzene ring substituents is 1. The summed E-state index contributed by atoms with van der Waals surface area (Å²) in [7, 11) is 0. The number of nitrogens with one attached hydrogen (secondary N) is 1. The lowest BCUT2D eigenvalue weighted by Crippen LogP contribution is -2.29. The van der Waals surface area contributed by atoms with E-state index in [4.69, 9.17) is 4.74 Å². The highest BCUT2D eigenvalue weighted by molar-refractivity contribution is 5.77. The first-order chi connectivity index (χ1) is 9.95. The number of carbonyl (C=O) groups excluding carboxylic acids is 1. The predicted octanol–water partition coefficient (Wildman–Crippen LogP) is 1.94. The summed E-state index contributed by atoms with van der Waals surface area (Å²) in [5, 5.41) is 23.1. The lowest BCUT2D eigenvalue weighted by atomic mass is 10.1. The molecule has 1 atom stereocenters. The molecule has 21 heavy (non-hydrogen) atoms. The Bertz CT molecular complexity index is 502. The fourth-order valence-electron chi connectivity index (χ4n) is 1.71. The van der Waals surface area contributed by atoms with Gasteiger partial charge in [-0.25, -0.2) is 0 Å². The van der Waals surface area contributed by atoms with Gasteiger partial charge in [0.15, 0.2) is 6.61 Å². The van der Waals surface area contributed by atoms with Gasteiger partial charge in [-0.3, -0.25) is 14.9 Å². The van der Waals surface area contributed by atoms with E-state index < -0.39 is 11.0 Å². The smallest absolute Gasteiger partial charge is 0.270 e. The third-order valence-electron chi connectivity index (χ3n) is 2.87. The van der Waals surface area contributed by atoms with Gasteiger partial charge in [0.2, 0.25) is 0 Å². The van der Waals surface area contributed by atoms with E-state index in [1.165, 1.54) is 25.1 Å². The minimum absolute atomic E-state index is 0.134. The molecule has 0 aromatic heterocycles. The van der Waals surface area contributed by atoms with Crippen molar-refractivity contribution >= 4 is 11.6 Å². The molecule has 0 aliphatic heterocycles. The van der Waals surface area contributed by atoms with Crippen LogP contribution in [0.5, 0.6) is 5.75 Å². The number of hydrogen-bond acceptors (Lipinski definition) is 5. The van der Waals surface area contributed by atoms with Crippen molar-refractivity contribution in [2.24, 2.45) is 0 Å². The van der Waals surface area contributed by atoms with Crippen molar-refractivity contribution in [1.82, 2.24) is 5.32 Å². The molecule has 1 amide bonds. The van der Waals surface area contributed by atoms with Crippen LogP contribution in [0, 0.1) is 10.1 Å². The Morgan fingerprint density at radius 3 is 2.81 bits per heavy atom. The molecule has 0 aliphatic carbocycles. The van der Waals surface area contributed by atoms with E-state index >= 15 is 0 Å². The summed E-state index contributed by atoms with van der Waals surface area (Å²) in [5.74, 6) is -0.000382. The van der Waals surface area contributed by atoms with Crippen molar-refractivity contribution in [3.05, 3.63) is 33.9 Å². The first-order valence-electron chi connectivity index (χ1n) is 6.81. The van der Waals surface area contributed by atoms with Crippen LogP contribution in [0.15, 0.2) is 18.2 Å². The number of nitrogens with zero attached hydrogens (tertiary/aromatic N) is 1. The van der Waals surface area contributed by atoms with Crippen LogP contribution in [0.4, 0.5) is 5.69 Å². The van der Waals surface area contributed by atoms with Crippen molar-refractivity contribution in [1.29, 1.82) is 0 Å². The van der Waals surface area contributed by atoms with E-state index in [-0.39, 0.29) is 29.5 Å². The molecule has 0 bridgehead atoms. The normalized spacial score (nSPS) is 11.8. The van der Waals surface area contributed by atoms with Gasteiger partial charge in [0, 0.05) is 24.2 Å². The maximum atomic E-state index is 11.5. The fourth-order valence-corrected chi connectivity index (χ4v) is 1.71. The molecule has 2 N–H and O–H groups in total. The maximum Gasteiger partial charge on any atom is 0.270 e. The number of aliphatic hydroxyl groups is 1. The Hall–Kier alpha value is -2.15. The number of carbonyl (C=O) groups is 1. The number of unbranched alkanes of at least 4 members (excludes halogenated alkanes) is 1. The SMILES string of the molecule is CCCCNC(=O)COc1ccc([N+](=O)[O-])cc1[C@@H](C)O. The molecule has 1 rings (SSSR count). The number of rotatable bonds is 8. The molecule has 1 aromatic rings. The Balaban J connectivity index is 2.70. The monoisotopic (exact) mass is 296 g/mol. The number of aliphatic hydroxyl groups excluding tert-OH is 1. The van der Waals surface area contributed by atoms with Crippen molar-refractivity contribution in [3.8, 4) is 5.75 Å². The molecule has 0 fully saturated rings. The number of nitro benzene ring substituents is 1. The number of amides is 1. The molecule has 0 saturated heterocycles. The van der Waals surface area contributed by atoms with Gasteiger partial charge in [-0.15, -0.1) is 0 Å². The Labute approximate surface area is 123 Å². The van der Waals surface area contributed by atoms with E-state index in [2.05, 4.69) is 5.32 Å². The number of hydrogen-bond donors (Lipinski definition) is 2. The van der Waals surface area contributed by atoms with Crippen molar-refractivity contribution < 1.29 is 19.6 Å². The van der Waals surface area contributed by atoms with Crippen LogP contribution < -0.4 is 10.1 Å². The molecule has 1 aromatic carbocycles. The quantitative estimate of drug-likeness (QED) is 0.433. The molecule has 0 aliphatic rings. The zero-order valence-corrected chi connectivity index (χ0v) is 12.2. The Kier molecular flexibility index (Phi) is 6.61. The minimum atomic E-state index is -0.928. The third-order valence-corrected chi connectivity index (χ3v) is 2.87. The van der Waals surface area contributed by atoms with E-state index in [9.17, 15) is 20.0 Å². The summed E-state index contributed by atoms with van der Waals surface area (Å²) < 4.78 is 5.33. The molecular formula is C14H20N2O5. The standard InChI is InChI=1S/C14H20N2O5/c1-3-4-7-15-14(18)9-21-13-6-5-11(16(19)20)8-12(13)10(2)17/h5-6,8,10,17H,3-4,7,9H2,1-2H3,(H,15,18)/t10-/m1/s1. The first-order valence-corrected chi connectivity index (χ1v) is 6.81. The maximum absolute atomic E-state index is 11.5. The van der Waals surface area contributed by atoms with Gasteiger partial charge in [0.25, 0.3) is 11.6 Å². The van der Waals surface area contributed by atoms with Crippen molar-refractivity contribution in [2.75, 3.05) is 13.2 Å². The van der Waals surface area contributed by atoms with Gasteiger partial charge in [0.05, 0.1) is 11.0 Å².